The largest absolute Gasteiger partial charge is 0.496 e. The molecule has 0 radical (unpaired) electrons. The van der Waals surface area contributed by atoms with E-state index >= 15 is 0 Å². The second-order valence-electron chi connectivity index (χ2n) is 3.71. The lowest BCUT2D eigenvalue weighted by molar-refractivity contribution is -0.128. The number of nitriles is 1. The quantitative estimate of drug-likeness (QED) is 0.775. The van der Waals surface area contributed by atoms with Crippen molar-refractivity contribution in [2.45, 2.75) is 12.8 Å². The number of carbonyl (C=O) groups excluding carboxylic acids is 1. The molecule has 1 aromatic rings. The predicted octanol–water partition coefficient (Wildman–Crippen LogP) is 1.61. The fraction of sp³-hybridized carbons (Fsp3) is 0.385. The maximum absolute atomic E-state index is 11.4. The minimum absolute atomic E-state index is 0.0670. The standard InChI is InChI=1S/C13H16N2O2/c1-15(13(16)7-9-14)10-8-11-5-3-4-6-12(11)17-2/h3-6H,7-8,10H2,1-2H3. The molecule has 1 amide bonds. The van der Waals surface area contributed by atoms with Crippen molar-refractivity contribution in [1.82, 2.24) is 4.90 Å². The van der Waals surface area contributed by atoms with E-state index in [-0.39, 0.29) is 12.3 Å². The number of hydrogen-bond acceptors (Lipinski definition) is 3. The van der Waals surface area contributed by atoms with Gasteiger partial charge in [0, 0.05) is 13.6 Å². The number of rotatable bonds is 5. The Morgan fingerprint density at radius 2 is 2.18 bits per heavy atom. The van der Waals surface area contributed by atoms with Crippen LogP contribution in [0.1, 0.15) is 12.0 Å². The van der Waals surface area contributed by atoms with Crippen molar-refractivity contribution in [3.8, 4) is 11.8 Å². The maximum atomic E-state index is 11.4. The van der Waals surface area contributed by atoms with E-state index in [0.29, 0.717) is 6.54 Å². The van der Waals surface area contributed by atoms with E-state index in [0.717, 1.165) is 17.7 Å². The monoisotopic (exact) mass is 232 g/mol. The summed E-state index contributed by atoms with van der Waals surface area (Å²) in [4.78, 5) is 13.0. The average molecular weight is 232 g/mol. The molecule has 0 spiro atoms. The Morgan fingerprint density at radius 1 is 1.47 bits per heavy atom. The molecule has 17 heavy (non-hydrogen) atoms. The summed E-state index contributed by atoms with van der Waals surface area (Å²) in [6, 6.07) is 9.57. The summed E-state index contributed by atoms with van der Waals surface area (Å²) in [5.74, 6) is 0.677. The smallest absolute Gasteiger partial charge is 0.236 e. The van der Waals surface area contributed by atoms with Crippen molar-refractivity contribution >= 4 is 5.91 Å². The molecular weight excluding hydrogens is 216 g/mol. The Labute approximate surface area is 101 Å². The molecule has 0 bridgehead atoms. The summed E-state index contributed by atoms with van der Waals surface area (Å²) in [6.45, 7) is 0.584. The molecule has 0 saturated carbocycles. The highest BCUT2D eigenvalue weighted by Crippen LogP contribution is 2.17. The van der Waals surface area contributed by atoms with Crippen LogP contribution in [0.5, 0.6) is 5.75 Å². The van der Waals surface area contributed by atoms with Gasteiger partial charge in [0.1, 0.15) is 12.2 Å². The first-order valence-corrected chi connectivity index (χ1v) is 5.42. The molecule has 0 heterocycles. The van der Waals surface area contributed by atoms with E-state index in [9.17, 15) is 4.79 Å². The van der Waals surface area contributed by atoms with Crippen LogP contribution in [0.15, 0.2) is 24.3 Å². The zero-order valence-electron chi connectivity index (χ0n) is 10.1. The van der Waals surface area contributed by atoms with Crippen molar-refractivity contribution in [2.75, 3.05) is 20.7 Å². The fourth-order valence-corrected chi connectivity index (χ4v) is 1.52. The van der Waals surface area contributed by atoms with Gasteiger partial charge in [-0.2, -0.15) is 5.26 Å². The van der Waals surface area contributed by atoms with Gasteiger partial charge in [-0.25, -0.2) is 0 Å². The van der Waals surface area contributed by atoms with Gasteiger partial charge in [0.05, 0.1) is 13.2 Å². The molecule has 4 nitrogen and oxygen atoms in total. The zero-order chi connectivity index (χ0) is 12.7. The predicted molar refractivity (Wildman–Crippen MR) is 64.6 cm³/mol. The number of amides is 1. The van der Waals surface area contributed by atoms with Crippen molar-refractivity contribution < 1.29 is 9.53 Å². The van der Waals surface area contributed by atoms with Crippen LogP contribution in [0.4, 0.5) is 0 Å². The highest BCUT2D eigenvalue weighted by molar-refractivity contribution is 5.77. The molecule has 0 aliphatic carbocycles. The molecule has 0 saturated heterocycles. The summed E-state index contributed by atoms with van der Waals surface area (Å²) in [5, 5.41) is 8.44. The third-order valence-corrected chi connectivity index (χ3v) is 2.57. The number of likely N-dealkylation sites (N-methyl/N-ethyl adjacent to an activating group) is 1. The van der Waals surface area contributed by atoms with Crippen LogP contribution >= 0.6 is 0 Å². The first kappa shape index (κ1) is 13.0. The van der Waals surface area contributed by atoms with Crippen molar-refractivity contribution in [2.24, 2.45) is 0 Å². The molecule has 0 aliphatic heterocycles. The highest BCUT2D eigenvalue weighted by Gasteiger charge is 2.09. The van der Waals surface area contributed by atoms with Crippen molar-refractivity contribution in [1.29, 1.82) is 5.26 Å². The SMILES string of the molecule is COc1ccccc1CCN(C)C(=O)CC#N. The molecule has 0 atom stereocenters. The van der Waals surface area contributed by atoms with Crippen LogP contribution in [0.2, 0.25) is 0 Å². The van der Waals surface area contributed by atoms with E-state index in [1.54, 1.807) is 19.1 Å². The van der Waals surface area contributed by atoms with Crippen LogP contribution < -0.4 is 4.74 Å². The Morgan fingerprint density at radius 3 is 2.82 bits per heavy atom. The van der Waals surface area contributed by atoms with Crippen LogP contribution in [0.25, 0.3) is 0 Å². The molecule has 0 fully saturated rings. The lowest BCUT2D eigenvalue weighted by atomic mass is 10.1. The molecule has 4 heteroatoms. The van der Waals surface area contributed by atoms with Gasteiger partial charge in [-0.3, -0.25) is 4.79 Å². The molecule has 1 aromatic carbocycles. The zero-order valence-corrected chi connectivity index (χ0v) is 10.1. The second-order valence-corrected chi connectivity index (χ2v) is 3.71. The first-order chi connectivity index (χ1) is 8.19. The minimum Gasteiger partial charge on any atom is -0.496 e. The summed E-state index contributed by atoms with van der Waals surface area (Å²) >= 11 is 0. The van der Waals surface area contributed by atoms with Crippen LogP contribution in [-0.2, 0) is 11.2 Å². The molecule has 0 N–H and O–H groups in total. The molecule has 1 rings (SSSR count). The third-order valence-electron chi connectivity index (χ3n) is 2.57. The number of hydrogen-bond donors (Lipinski definition) is 0. The van der Waals surface area contributed by atoms with E-state index < -0.39 is 0 Å². The fourth-order valence-electron chi connectivity index (χ4n) is 1.52. The van der Waals surface area contributed by atoms with Gasteiger partial charge in [0.25, 0.3) is 0 Å². The maximum Gasteiger partial charge on any atom is 0.236 e. The average Bonchev–Trinajstić information content (AvgIpc) is 2.36. The molecule has 0 aromatic heterocycles. The Balaban J connectivity index is 2.56. The number of nitrogens with zero attached hydrogens (tertiary/aromatic N) is 2. The molecular formula is C13H16N2O2. The van der Waals surface area contributed by atoms with Gasteiger partial charge in [0.2, 0.25) is 5.91 Å². The van der Waals surface area contributed by atoms with Gasteiger partial charge in [-0.15, -0.1) is 0 Å². The Kier molecular flexibility index (Phi) is 5.02. The lowest BCUT2D eigenvalue weighted by Crippen LogP contribution is -2.28. The van der Waals surface area contributed by atoms with Crippen LogP contribution in [0, 0.1) is 11.3 Å². The number of methoxy groups -OCH3 is 1. The number of benzene rings is 1. The van der Waals surface area contributed by atoms with Crippen molar-refractivity contribution in [3.05, 3.63) is 29.8 Å². The van der Waals surface area contributed by atoms with E-state index in [4.69, 9.17) is 10.00 Å². The van der Waals surface area contributed by atoms with Gasteiger partial charge in [0.15, 0.2) is 0 Å². The van der Waals surface area contributed by atoms with Gasteiger partial charge in [-0.1, -0.05) is 18.2 Å². The van der Waals surface area contributed by atoms with E-state index in [2.05, 4.69) is 0 Å². The number of para-hydroxylation sites is 1. The topological polar surface area (TPSA) is 53.3 Å². The van der Waals surface area contributed by atoms with E-state index in [1.807, 2.05) is 30.3 Å². The second kappa shape index (κ2) is 6.54. The summed E-state index contributed by atoms with van der Waals surface area (Å²) in [5.41, 5.74) is 1.06. The van der Waals surface area contributed by atoms with Crippen LogP contribution in [0.3, 0.4) is 0 Å². The van der Waals surface area contributed by atoms with E-state index in [1.165, 1.54) is 0 Å². The lowest BCUT2D eigenvalue weighted by Gasteiger charge is -2.16. The Bertz CT molecular complexity index is 424. The third kappa shape index (κ3) is 3.80. The first-order valence-electron chi connectivity index (χ1n) is 5.42. The summed E-state index contributed by atoms with van der Waals surface area (Å²) in [7, 11) is 3.33. The van der Waals surface area contributed by atoms with Gasteiger partial charge >= 0.3 is 0 Å². The van der Waals surface area contributed by atoms with Gasteiger partial charge < -0.3 is 9.64 Å². The van der Waals surface area contributed by atoms with Gasteiger partial charge in [-0.05, 0) is 18.1 Å². The highest BCUT2D eigenvalue weighted by atomic mass is 16.5. The molecule has 0 aliphatic rings. The number of ether oxygens (including phenoxy) is 1. The summed E-state index contributed by atoms with van der Waals surface area (Å²) in [6.07, 6.45) is 0.653. The number of carbonyl (C=O) groups is 1. The normalized spacial score (nSPS) is 9.47. The van der Waals surface area contributed by atoms with Crippen molar-refractivity contribution in [3.63, 3.8) is 0 Å². The molecule has 0 unspecified atom stereocenters. The van der Waals surface area contributed by atoms with Crippen LogP contribution in [-0.4, -0.2) is 31.5 Å². The summed E-state index contributed by atoms with van der Waals surface area (Å²) < 4.78 is 5.23. The molecule has 90 valence electrons. The minimum atomic E-state index is -0.151. The Hall–Kier alpha value is -2.02.